The first-order chi connectivity index (χ1) is 15.4. The van der Waals surface area contributed by atoms with E-state index in [4.69, 9.17) is 34.8 Å². The molecule has 1 fully saturated rings. The Morgan fingerprint density at radius 2 is 1.59 bits per heavy atom. The van der Waals surface area contributed by atoms with Gasteiger partial charge in [0.15, 0.2) is 0 Å². The van der Waals surface area contributed by atoms with E-state index >= 15 is 0 Å². The number of amides is 2. The molecule has 0 aromatic heterocycles. The third kappa shape index (κ3) is 6.63. The fourth-order valence-corrected chi connectivity index (χ4v) is 4.69. The highest BCUT2D eigenvalue weighted by Crippen LogP contribution is 2.28. The normalized spacial score (nSPS) is 19.2. The molecule has 7 heteroatoms. The van der Waals surface area contributed by atoms with Crippen molar-refractivity contribution in [1.82, 2.24) is 10.2 Å². The van der Waals surface area contributed by atoms with E-state index in [0.29, 0.717) is 34.5 Å². The summed E-state index contributed by atoms with van der Waals surface area (Å²) in [5.41, 5.74) is 1.74. The van der Waals surface area contributed by atoms with E-state index in [0.717, 1.165) is 24.8 Å². The molecule has 1 N–H and O–H groups in total. The summed E-state index contributed by atoms with van der Waals surface area (Å²) < 4.78 is 0. The third-order valence-corrected chi connectivity index (χ3v) is 6.91. The summed E-state index contributed by atoms with van der Waals surface area (Å²) in [6, 6.07) is 13.9. The molecule has 1 saturated carbocycles. The number of halogens is 3. The maximum Gasteiger partial charge on any atom is 0.247 e. The van der Waals surface area contributed by atoms with Gasteiger partial charge in [-0.25, -0.2) is 0 Å². The van der Waals surface area contributed by atoms with Gasteiger partial charge in [0.2, 0.25) is 11.8 Å². The van der Waals surface area contributed by atoms with Crippen molar-refractivity contribution in [3.8, 4) is 0 Å². The average Bonchev–Trinajstić information content (AvgIpc) is 2.79. The summed E-state index contributed by atoms with van der Waals surface area (Å²) in [6.45, 7) is 2.53. The standard InChI is InChI=1S/C25H29Cl3N2O2/c1-17-4-2-3-5-22(17)29-25(32)24(19-8-12-21(28)13-9-19)30(23(31)16-26)15-14-18-6-10-20(27)11-7-18/h6-13,17,22,24H,2-5,14-16H2,1H3,(H,29,32)/t17-,22+,24+/m1/s1. The maximum atomic E-state index is 13.6. The van der Waals surface area contributed by atoms with Gasteiger partial charge in [-0.2, -0.15) is 0 Å². The smallest absolute Gasteiger partial charge is 0.247 e. The topological polar surface area (TPSA) is 49.4 Å². The highest BCUT2D eigenvalue weighted by atomic mass is 35.5. The molecule has 172 valence electrons. The van der Waals surface area contributed by atoms with E-state index in [1.165, 1.54) is 6.42 Å². The quantitative estimate of drug-likeness (QED) is 0.454. The van der Waals surface area contributed by atoms with E-state index in [-0.39, 0.29) is 23.7 Å². The number of hydrogen-bond acceptors (Lipinski definition) is 2. The van der Waals surface area contributed by atoms with Gasteiger partial charge in [0, 0.05) is 22.6 Å². The summed E-state index contributed by atoms with van der Waals surface area (Å²) >= 11 is 18.0. The zero-order chi connectivity index (χ0) is 23.1. The molecule has 0 saturated heterocycles. The first kappa shape index (κ1) is 24.9. The Morgan fingerprint density at radius 1 is 1.00 bits per heavy atom. The van der Waals surface area contributed by atoms with Crippen molar-refractivity contribution >= 4 is 46.6 Å². The van der Waals surface area contributed by atoms with Gasteiger partial charge in [0.05, 0.1) is 0 Å². The number of rotatable bonds is 8. The molecule has 2 aromatic rings. The molecule has 4 nitrogen and oxygen atoms in total. The second kappa shape index (κ2) is 11.9. The fourth-order valence-electron chi connectivity index (χ4n) is 4.29. The summed E-state index contributed by atoms with van der Waals surface area (Å²) in [6.07, 6.45) is 4.91. The van der Waals surface area contributed by atoms with Crippen LogP contribution >= 0.6 is 34.8 Å². The minimum Gasteiger partial charge on any atom is -0.351 e. The van der Waals surface area contributed by atoms with Crippen LogP contribution in [0.15, 0.2) is 48.5 Å². The Kier molecular flexibility index (Phi) is 9.27. The fraction of sp³-hybridized carbons (Fsp3) is 0.440. The number of carbonyl (C=O) groups is 2. The van der Waals surface area contributed by atoms with Crippen LogP contribution in [-0.2, 0) is 16.0 Å². The lowest BCUT2D eigenvalue weighted by Gasteiger charge is -2.35. The van der Waals surface area contributed by atoms with Crippen LogP contribution in [0.2, 0.25) is 10.0 Å². The van der Waals surface area contributed by atoms with E-state index in [1.807, 2.05) is 24.3 Å². The molecule has 0 heterocycles. The van der Waals surface area contributed by atoms with Crippen LogP contribution in [0.4, 0.5) is 0 Å². The second-order valence-electron chi connectivity index (χ2n) is 8.43. The minimum atomic E-state index is -0.778. The van der Waals surface area contributed by atoms with Crippen molar-refractivity contribution in [2.45, 2.75) is 51.1 Å². The van der Waals surface area contributed by atoms with Gasteiger partial charge in [-0.05, 0) is 60.6 Å². The lowest BCUT2D eigenvalue weighted by Crippen LogP contribution is -2.49. The van der Waals surface area contributed by atoms with E-state index in [1.54, 1.807) is 29.2 Å². The van der Waals surface area contributed by atoms with Crippen molar-refractivity contribution in [2.75, 3.05) is 12.4 Å². The highest BCUT2D eigenvalue weighted by molar-refractivity contribution is 6.30. The number of nitrogens with one attached hydrogen (secondary N) is 1. The number of benzene rings is 2. The summed E-state index contributed by atoms with van der Waals surface area (Å²) in [7, 11) is 0. The van der Waals surface area contributed by atoms with Gasteiger partial charge in [-0.1, -0.05) is 67.2 Å². The van der Waals surface area contributed by atoms with Gasteiger partial charge in [-0.15, -0.1) is 11.6 Å². The number of hydrogen-bond donors (Lipinski definition) is 1. The Morgan fingerprint density at radius 3 is 2.19 bits per heavy atom. The predicted octanol–water partition coefficient (Wildman–Crippen LogP) is 6.04. The molecule has 2 aromatic carbocycles. The van der Waals surface area contributed by atoms with Crippen LogP contribution < -0.4 is 5.32 Å². The molecule has 3 rings (SSSR count). The Bertz CT molecular complexity index is 902. The Hall–Kier alpha value is -1.75. The zero-order valence-corrected chi connectivity index (χ0v) is 20.5. The van der Waals surface area contributed by atoms with Gasteiger partial charge < -0.3 is 10.2 Å². The van der Waals surface area contributed by atoms with E-state index < -0.39 is 6.04 Å². The van der Waals surface area contributed by atoms with E-state index in [9.17, 15) is 9.59 Å². The monoisotopic (exact) mass is 494 g/mol. The molecule has 0 spiro atoms. The number of nitrogens with zero attached hydrogens (tertiary/aromatic N) is 1. The summed E-state index contributed by atoms with van der Waals surface area (Å²) in [4.78, 5) is 28.0. The SMILES string of the molecule is C[C@@H]1CCCC[C@@H]1NC(=O)[C@H](c1ccc(Cl)cc1)N(CCc1ccc(Cl)cc1)C(=O)CCl. The molecule has 3 atom stereocenters. The van der Waals surface area contributed by atoms with Crippen LogP contribution in [0.3, 0.4) is 0 Å². The highest BCUT2D eigenvalue weighted by Gasteiger charge is 2.33. The number of alkyl halides is 1. The lowest BCUT2D eigenvalue weighted by atomic mass is 9.85. The summed E-state index contributed by atoms with van der Waals surface area (Å²) in [5.74, 6) is -0.254. The zero-order valence-electron chi connectivity index (χ0n) is 18.2. The summed E-state index contributed by atoms with van der Waals surface area (Å²) in [5, 5.41) is 4.45. The van der Waals surface area contributed by atoms with Crippen LogP contribution in [0, 0.1) is 5.92 Å². The van der Waals surface area contributed by atoms with Gasteiger partial charge in [0.1, 0.15) is 11.9 Å². The van der Waals surface area contributed by atoms with Crippen molar-refractivity contribution in [3.05, 3.63) is 69.7 Å². The molecule has 2 amide bonds. The van der Waals surface area contributed by atoms with Gasteiger partial charge in [-0.3, -0.25) is 9.59 Å². The Labute approximate surface area is 205 Å². The van der Waals surface area contributed by atoms with Crippen molar-refractivity contribution in [1.29, 1.82) is 0 Å². The van der Waals surface area contributed by atoms with Gasteiger partial charge in [0.25, 0.3) is 0 Å². The van der Waals surface area contributed by atoms with Crippen molar-refractivity contribution in [2.24, 2.45) is 5.92 Å². The minimum absolute atomic E-state index is 0.107. The van der Waals surface area contributed by atoms with Crippen LogP contribution in [0.1, 0.15) is 49.8 Å². The average molecular weight is 496 g/mol. The van der Waals surface area contributed by atoms with E-state index in [2.05, 4.69) is 12.2 Å². The third-order valence-electron chi connectivity index (χ3n) is 6.17. The van der Waals surface area contributed by atoms with Crippen molar-refractivity contribution < 1.29 is 9.59 Å². The van der Waals surface area contributed by atoms with Gasteiger partial charge >= 0.3 is 0 Å². The van der Waals surface area contributed by atoms with Crippen LogP contribution in [0.25, 0.3) is 0 Å². The first-order valence-electron chi connectivity index (χ1n) is 11.0. The molecule has 32 heavy (non-hydrogen) atoms. The predicted molar refractivity (Wildman–Crippen MR) is 131 cm³/mol. The van der Waals surface area contributed by atoms with Crippen molar-refractivity contribution in [3.63, 3.8) is 0 Å². The molecule has 0 aliphatic heterocycles. The molecule has 0 unspecified atom stereocenters. The Balaban J connectivity index is 1.87. The number of carbonyl (C=O) groups excluding carboxylic acids is 2. The van der Waals surface area contributed by atoms with Crippen LogP contribution in [0.5, 0.6) is 0 Å². The second-order valence-corrected chi connectivity index (χ2v) is 9.57. The molecule has 0 radical (unpaired) electrons. The lowest BCUT2D eigenvalue weighted by molar-refractivity contribution is -0.139. The largest absolute Gasteiger partial charge is 0.351 e. The molecule has 0 bridgehead atoms. The molecule has 1 aliphatic carbocycles. The molecular formula is C25H29Cl3N2O2. The molecular weight excluding hydrogens is 467 g/mol. The molecule has 1 aliphatic rings. The van der Waals surface area contributed by atoms with Crippen LogP contribution in [-0.4, -0.2) is 35.2 Å². The maximum absolute atomic E-state index is 13.6. The first-order valence-corrected chi connectivity index (χ1v) is 12.3.